The van der Waals surface area contributed by atoms with Gasteiger partial charge >= 0.3 is 0 Å². The maximum absolute atomic E-state index is 5.85. The molecule has 0 bridgehead atoms. The predicted molar refractivity (Wildman–Crippen MR) is 98.3 cm³/mol. The van der Waals surface area contributed by atoms with Crippen molar-refractivity contribution in [3.8, 4) is 0 Å². The summed E-state index contributed by atoms with van der Waals surface area (Å²) in [6, 6.07) is 11.1. The van der Waals surface area contributed by atoms with Crippen LogP contribution < -0.4 is 11.1 Å². The predicted octanol–water partition coefficient (Wildman–Crippen LogP) is 3.60. The van der Waals surface area contributed by atoms with Crippen LogP contribution in [-0.2, 0) is 4.74 Å². The molecule has 0 radical (unpaired) electrons. The molecule has 1 aliphatic heterocycles. The smallest absolute Gasteiger partial charge is 0.0472 e. The number of benzene rings is 1. The van der Waals surface area contributed by atoms with Gasteiger partial charge < -0.3 is 15.8 Å². The molecule has 0 unspecified atom stereocenters. The summed E-state index contributed by atoms with van der Waals surface area (Å²) in [6.45, 7) is 5.82. The molecule has 1 heterocycles. The van der Waals surface area contributed by atoms with Crippen LogP contribution in [0.25, 0.3) is 6.08 Å². The lowest BCUT2D eigenvalue weighted by atomic mass is 9.80. The van der Waals surface area contributed by atoms with E-state index in [1.165, 1.54) is 18.4 Å². The van der Waals surface area contributed by atoms with Gasteiger partial charge in [0.05, 0.1) is 0 Å². The van der Waals surface area contributed by atoms with Crippen LogP contribution in [0.15, 0.2) is 36.4 Å². The van der Waals surface area contributed by atoms with E-state index in [-0.39, 0.29) is 0 Å². The van der Waals surface area contributed by atoms with E-state index in [0.717, 1.165) is 51.6 Å². The standard InChI is InChI=1S/C10H20N2O.C10H12/c11-7-10(3-5-13-6-4-10)8-12-9-1-2-9;1-2-3-7-10-8-5-4-6-9-10/h9,12H,1-8,11H2;3-9H,2H2,1H3/b;7-3-. The minimum atomic E-state index is 0.334. The van der Waals surface area contributed by atoms with Crippen LogP contribution in [0.3, 0.4) is 0 Å². The molecule has 1 saturated carbocycles. The van der Waals surface area contributed by atoms with Crippen molar-refractivity contribution in [1.82, 2.24) is 5.32 Å². The lowest BCUT2D eigenvalue weighted by Crippen LogP contribution is -2.44. The maximum atomic E-state index is 5.85. The third kappa shape index (κ3) is 6.86. The van der Waals surface area contributed by atoms with Crippen molar-refractivity contribution >= 4 is 6.08 Å². The molecule has 2 aliphatic rings. The van der Waals surface area contributed by atoms with Crippen molar-refractivity contribution in [2.75, 3.05) is 26.3 Å². The Morgan fingerprint density at radius 3 is 2.48 bits per heavy atom. The Labute approximate surface area is 141 Å². The lowest BCUT2D eigenvalue weighted by molar-refractivity contribution is 0.0191. The van der Waals surface area contributed by atoms with Gasteiger partial charge in [0.1, 0.15) is 0 Å². The van der Waals surface area contributed by atoms with Crippen LogP contribution in [0.4, 0.5) is 0 Å². The molecule has 0 amide bonds. The van der Waals surface area contributed by atoms with Gasteiger partial charge in [-0.05, 0) is 49.6 Å². The Kier molecular flexibility index (Phi) is 7.80. The summed E-state index contributed by atoms with van der Waals surface area (Å²) >= 11 is 0. The number of hydrogen-bond donors (Lipinski definition) is 2. The van der Waals surface area contributed by atoms with E-state index in [1.54, 1.807) is 0 Å². The van der Waals surface area contributed by atoms with E-state index >= 15 is 0 Å². The molecule has 2 fully saturated rings. The van der Waals surface area contributed by atoms with E-state index in [2.05, 4.69) is 48.7 Å². The highest BCUT2D eigenvalue weighted by Gasteiger charge is 2.33. The number of hydrogen-bond acceptors (Lipinski definition) is 3. The number of nitrogens with two attached hydrogens (primary N) is 1. The molecule has 1 aliphatic carbocycles. The summed E-state index contributed by atoms with van der Waals surface area (Å²) in [5.74, 6) is 0. The summed E-state index contributed by atoms with van der Waals surface area (Å²) < 4.78 is 5.37. The molecule has 0 aromatic heterocycles. The maximum Gasteiger partial charge on any atom is 0.0472 e. The zero-order chi connectivity index (χ0) is 16.4. The van der Waals surface area contributed by atoms with Gasteiger partial charge in [0.2, 0.25) is 0 Å². The van der Waals surface area contributed by atoms with Crippen molar-refractivity contribution in [2.45, 2.75) is 45.1 Å². The van der Waals surface area contributed by atoms with Gasteiger partial charge in [0.15, 0.2) is 0 Å². The van der Waals surface area contributed by atoms with E-state index in [0.29, 0.717) is 5.41 Å². The average molecular weight is 316 g/mol. The van der Waals surface area contributed by atoms with Crippen LogP contribution in [-0.4, -0.2) is 32.3 Å². The van der Waals surface area contributed by atoms with Gasteiger partial charge in [-0.15, -0.1) is 0 Å². The lowest BCUT2D eigenvalue weighted by Gasteiger charge is -2.36. The van der Waals surface area contributed by atoms with Crippen molar-refractivity contribution in [3.63, 3.8) is 0 Å². The van der Waals surface area contributed by atoms with E-state index in [9.17, 15) is 0 Å². The molecule has 1 aromatic carbocycles. The monoisotopic (exact) mass is 316 g/mol. The molecule has 0 atom stereocenters. The summed E-state index contributed by atoms with van der Waals surface area (Å²) in [6.07, 6.45) is 10.4. The first-order valence-electron chi connectivity index (χ1n) is 9.01. The second-order valence-electron chi connectivity index (χ2n) is 6.69. The Hall–Kier alpha value is -1.16. The van der Waals surface area contributed by atoms with Crippen LogP contribution in [0.5, 0.6) is 0 Å². The number of allylic oxidation sites excluding steroid dienone is 1. The Balaban J connectivity index is 0.000000174. The Morgan fingerprint density at radius 1 is 1.22 bits per heavy atom. The first kappa shape index (κ1) is 18.2. The minimum Gasteiger partial charge on any atom is -0.381 e. The fourth-order valence-corrected chi connectivity index (χ4v) is 2.72. The van der Waals surface area contributed by atoms with E-state index in [1.807, 2.05) is 6.07 Å². The Morgan fingerprint density at radius 2 is 1.91 bits per heavy atom. The molecule has 3 N–H and O–H groups in total. The van der Waals surface area contributed by atoms with Gasteiger partial charge in [-0.3, -0.25) is 0 Å². The first-order chi connectivity index (χ1) is 11.3. The van der Waals surface area contributed by atoms with Crippen molar-refractivity contribution in [1.29, 1.82) is 0 Å². The van der Waals surface area contributed by atoms with Crippen LogP contribution in [0, 0.1) is 5.41 Å². The normalized spacial score (nSPS) is 20.1. The van der Waals surface area contributed by atoms with E-state index < -0.39 is 0 Å². The largest absolute Gasteiger partial charge is 0.381 e. The summed E-state index contributed by atoms with van der Waals surface area (Å²) in [5, 5.41) is 3.58. The van der Waals surface area contributed by atoms with Gasteiger partial charge in [0.25, 0.3) is 0 Å². The number of rotatable bonds is 6. The molecule has 3 rings (SSSR count). The van der Waals surface area contributed by atoms with Gasteiger partial charge in [-0.25, -0.2) is 0 Å². The zero-order valence-corrected chi connectivity index (χ0v) is 14.5. The number of nitrogens with one attached hydrogen (secondary N) is 1. The van der Waals surface area contributed by atoms with Gasteiger partial charge in [-0.1, -0.05) is 49.4 Å². The van der Waals surface area contributed by atoms with Crippen molar-refractivity contribution in [2.24, 2.45) is 11.1 Å². The molecule has 1 aromatic rings. The second-order valence-corrected chi connectivity index (χ2v) is 6.69. The van der Waals surface area contributed by atoms with Crippen LogP contribution in [0.1, 0.15) is 44.6 Å². The Bertz CT molecular complexity index is 448. The fourth-order valence-electron chi connectivity index (χ4n) is 2.72. The summed E-state index contributed by atoms with van der Waals surface area (Å²) in [7, 11) is 0. The van der Waals surface area contributed by atoms with Crippen LogP contribution in [0.2, 0.25) is 0 Å². The second kappa shape index (κ2) is 9.86. The first-order valence-corrected chi connectivity index (χ1v) is 9.01. The quantitative estimate of drug-likeness (QED) is 0.843. The van der Waals surface area contributed by atoms with Crippen molar-refractivity contribution < 1.29 is 4.74 Å². The van der Waals surface area contributed by atoms with Gasteiger partial charge in [-0.2, -0.15) is 0 Å². The molecule has 3 nitrogen and oxygen atoms in total. The van der Waals surface area contributed by atoms with Gasteiger partial charge in [0, 0.05) is 25.8 Å². The molecule has 0 spiro atoms. The molecule has 1 saturated heterocycles. The minimum absolute atomic E-state index is 0.334. The highest BCUT2D eigenvalue weighted by molar-refractivity contribution is 5.48. The van der Waals surface area contributed by atoms with E-state index in [4.69, 9.17) is 10.5 Å². The molecule has 23 heavy (non-hydrogen) atoms. The summed E-state index contributed by atoms with van der Waals surface area (Å²) in [5.41, 5.74) is 7.47. The number of ether oxygens (including phenoxy) is 1. The van der Waals surface area contributed by atoms with Crippen LogP contribution >= 0.6 is 0 Å². The van der Waals surface area contributed by atoms with Crippen molar-refractivity contribution in [3.05, 3.63) is 42.0 Å². The third-order valence-corrected chi connectivity index (χ3v) is 4.68. The zero-order valence-electron chi connectivity index (χ0n) is 14.5. The SMILES string of the molecule is CC/C=C\c1ccccc1.NCC1(CNC2CC2)CCOCC1. The average Bonchev–Trinajstić information content (AvgIpc) is 3.45. The third-order valence-electron chi connectivity index (χ3n) is 4.68. The molecular formula is C20H32N2O. The molecule has 3 heteroatoms. The molecular weight excluding hydrogens is 284 g/mol. The molecule has 128 valence electrons. The fraction of sp³-hybridized carbons (Fsp3) is 0.600. The topological polar surface area (TPSA) is 47.3 Å². The highest BCUT2D eigenvalue weighted by atomic mass is 16.5. The summed E-state index contributed by atoms with van der Waals surface area (Å²) in [4.78, 5) is 0. The highest BCUT2D eigenvalue weighted by Crippen LogP contribution is 2.30.